The van der Waals surface area contributed by atoms with Crippen LogP contribution in [-0.4, -0.2) is 36.3 Å². The number of carbonyl (C=O) groups is 2. The molecule has 0 aliphatic carbocycles. The summed E-state index contributed by atoms with van der Waals surface area (Å²) >= 11 is 3.52. The van der Waals surface area contributed by atoms with Crippen LogP contribution in [0.1, 0.15) is 18.4 Å². The molecule has 0 aromatic heterocycles. The first-order valence-electron chi connectivity index (χ1n) is 9.27. The summed E-state index contributed by atoms with van der Waals surface area (Å²) in [5, 5.41) is 2.84. The van der Waals surface area contributed by atoms with Gasteiger partial charge in [-0.3, -0.25) is 14.5 Å². The number of benzene rings is 2. The third kappa shape index (κ3) is 4.06. The number of hydrogen-bond donors (Lipinski definition) is 1. The van der Waals surface area contributed by atoms with E-state index in [1.165, 1.54) is 5.56 Å². The van der Waals surface area contributed by atoms with Crippen molar-refractivity contribution >= 4 is 39.1 Å². The molecule has 140 valence electrons. The largest absolute Gasteiger partial charge is 0.323 e. The molecule has 5 nitrogen and oxygen atoms in total. The zero-order valence-electron chi connectivity index (χ0n) is 15.0. The predicted octanol–water partition coefficient (Wildman–Crippen LogP) is 3.65. The first kappa shape index (κ1) is 18.2. The average molecular weight is 428 g/mol. The van der Waals surface area contributed by atoms with E-state index in [1.807, 2.05) is 30.3 Å². The molecule has 2 amide bonds. The third-order valence-electron chi connectivity index (χ3n) is 5.27. The van der Waals surface area contributed by atoms with Crippen LogP contribution in [0.15, 0.2) is 53.0 Å². The number of nitrogens with zero attached hydrogens (tertiary/aromatic N) is 2. The first-order chi connectivity index (χ1) is 13.1. The lowest BCUT2D eigenvalue weighted by molar-refractivity contribution is -0.125. The van der Waals surface area contributed by atoms with Crippen LogP contribution in [0.2, 0.25) is 0 Å². The summed E-state index contributed by atoms with van der Waals surface area (Å²) in [6, 6.07) is 15.9. The molecule has 0 radical (unpaired) electrons. The highest BCUT2D eigenvalue weighted by Gasteiger charge is 2.33. The molecule has 4 rings (SSSR count). The Morgan fingerprint density at radius 1 is 1.11 bits per heavy atom. The van der Waals surface area contributed by atoms with Crippen molar-refractivity contribution in [2.24, 2.45) is 5.92 Å². The van der Waals surface area contributed by atoms with Gasteiger partial charge in [0, 0.05) is 16.9 Å². The molecule has 0 unspecified atom stereocenters. The molecule has 1 N–H and O–H groups in total. The van der Waals surface area contributed by atoms with Gasteiger partial charge in [-0.1, -0.05) is 40.2 Å². The van der Waals surface area contributed by atoms with Crippen molar-refractivity contribution in [2.45, 2.75) is 19.4 Å². The number of amides is 2. The minimum atomic E-state index is -0.130. The maximum atomic E-state index is 13.1. The van der Waals surface area contributed by atoms with Crippen LogP contribution in [0, 0.1) is 5.92 Å². The van der Waals surface area contributed by atoms with Crippen LogP contribution in [0.5, 0.6) is 0 Å². The molecule has 6 heteroatoms. The van der Waals surface area contributed by atoms with Crippen LogP contribution >= 0.6 is 15.9 Å². The van der Waals surface area contributed by atoms with Gasteiger partial charge in [-0.25, -0.2) is 0 Å². The molecule has 27 heavy (non-hydrogen) atoms. The summed E-state index contributed by atoms with van der Waals surface area (Å²) < 4.78 is 1.09. The number of fused-ring (bicyclic) bond motifs is 1. The summed E-state index contributed by atoms with van der Waals surface area (Å²) in [6.45, 7) is 2.79. The van der Waals surface area contributed by atoms with Crippen molar-refractivity contribution in [3.05, 3.63) is 58.6 Å². The Hall–Kier alpha value is -2.18. The van der Waals surface area contributed by atoms with Gasteiger partial charge < -0.3 is 10.2 Å². The van der Waals surface area contributed by atoms with Crippen LogP contribution in [0.3, 0.4) is 0 Å². The number of hydrogen-bond acceptors (Lipinski definition) is 3. The van der Waals surface area contributed by atoms with Gasteiger partial charge in [0.05, 0.1) is 11.4 Å². The van der Waals surface area contributed by atoms with E-state index in [-0.39, 0.29) is 24.3 Å². The molecule has 0 saturated carbocycles. The Labute approximate surface area is 167 Å². The molecule has 2 aliphatic rings. The van der Waals surface area contributed by atoms with Gasteiger partial charge in [0.2, 0.25) is 11.8 Å². The zero-order chi connectivity index (χ0) is 18.8. The van der Waals surface area contributed by atoms with Crippen LogP contribution in [0.25, 0.3) is 0 Å². The summed E-state index contributed by atoms with van der Waals surface area (Å²) in [7, 11) is 0. The number of anilines is 2. The number of carbonyl (C=O) groups excluding carboxylic acids is 2. The highest BCUT2D eigenvalue weighted by atomic mass is 79.9. The zero-order valence-corrected chi connectivity index (χ0v) is 16.6. The Morgan fingerprint density at radius 3 is 2.67 bits per heavy atom. The lowest BCUT2D eigenvalue weighted by Gasteiger charge is -2.36. The fourth-order valence-corrected chi connectivity index (χ4v) is 4.33. The molecule has 1 fully saturated rings. The van der Waals surface area contributed by atoms with E-state index in [0.29, 0.717) is 5.69 Å². The normalized spacial score (nSPS) is 18.1. The quantitative estimate of drug-likeness (QED) is 0.812. The fraction of sp³-hybridized carbons (Fsp3) is 0.333. The molecular formula is C21H22BrN3O2. The highest BCUT2D eigenvalue weighted by Crippen LogP contribution is 2.32. The molecule has 0 atom stereocenters. The SMILES string of the molecule is O=C1CN(C(=O)C2CCN(Cc3cccc(Br)c3)CC2)c2ccccc2N1. The lowest BCUT2D eigenvalue weighted by atomic mass is 9.94. The van der Waals surface area contributed by atoms with Crippen molar-refractivity contribution in [3.8, 4) is 0 Å². The number of likely N-dealkylation sites (tertiary alicyclic amines) is 1. The van der Waals surface area contributed by atoms with Crippen LogP contribution in [0.4, 0.5) is 11.4 Å². The Balaban J connectivity index is 1.40. The van der Waals surface area contributed by atoms with Crippen LogP contribution < -0.4 is 10.2 Å². The van der Waals surface area contributed by atoms with E-state index >= 15 is 0 Å². The average Bonchev–Trinajstić information content (AvgIpc) is 2.67. The highest BCUT2D eigenvalue weighted by molar-refractivity contribution is 9.10. The van der Waals surface area contributed by atoms with Gasteiger partial charge >= 0.3 is 0 Å². The second kappa shape index (κ2) is 7.82. The number of nitrogens with one attached hydrogen (secondary N) is 1. The van der Waals surface area contributed by atoms with E-state index in [4.69, 9.17) is 0 Å². The number of rotatable bonds is 3. The molecule has 0 bridgehead atoms. The third-order valence-corrected chi connectivity index (χ3v) is 5.76. The van der Waals surface area contributed by atoms with Gasteiger partial charge in [0.15, 0.2) is 0 Å². The van der Waals surface area contributed by atoms with Gasteiger partial charge in [-0.15, -0.1) is 0 Å². The molecule has 0 spiro atoms. The summed E-state index contributed by atoms with van der Waals surface area (Å²) in [5.41, 5.74) is 2.80. The Bertz CT molecular complexity index is 862. The smallest absolute Gasteiger partial charge is 0.244 e. The second-order valence-electron chi connectivity index (χ2n) is 7.17. The van der Waals surface area contributed by atoms with Crippen molar-refractivity contribution in [3.63, 3.8) is 0 Å². The van der Waals surface area contributed by atoms with Crippen molar-refractivity contribution in [1.82, 2.24) is 4.90 Å². The maximum absolute atomic E-state index is 13.1. The second-order valence-corrected chi connectivity index (χ2v) is 8.09. The van der Waals surface area contributed by atoms with Crippen molar-refractivity contribution < 1.29 is 9.59 Å². The molecule has 2 aliphatic heterocycles. The van der Waals surface area contributed by atoms with E-state index in [0.717, 1.165) is 42.6 Å². The monoisotopic (exact) mass is 427 g/mol. The minimum absolute atomic E-state index is 0.0253. The molecule has 2 heterocycles. The summed E-state index contributed by atoms with van der Waals surface area (Å²) in [5.74, 6) is -0.0868. The van der Waals surface area contributed by atoms with Gasteiger partial charge in [0.1, 0.15) is 6.54 Å². The maximum Gasteiger partial charge on any atom is 0.244 e. The Morgan fingerprint density at radius 2 is 1.89 bits per heavy atom. The minimum Gasteiger partial charge on any atom is -0.323 e. The van der Waals surface area contributed by atoms with E-state index in [2.05, 4.69) is 44.3 Å². The van der Waals surface area contributed by atoms with Crippen molar-refractivity contribution in [1.29, 1.82) is 0 Å². The van der Waals surface area contributed by atoms with E-state index in [9.17, 15) is 9.59 Å². The predicted molar refractivity (Wildman–Crippen MR) is 110 cm³/mol. The fourth-order valence-electron chi connectivity index (χ4n) is 3.88. The molecule has 2 aromatic carbocycles. The summed E-state index contributed by atoms with van der Waals surface area (Å²) in [4.78, 5) is 29.1. The van der Waals surface area contributed by atoms with Gasteiger partial charge in [-0.05, 0) is 55.8 Å². The van der Waals surface area contributed by atoms with Gasteiger partial charge in [-0.2, -0.15) is 0 Å². The molecule has 1 saturated heterocycles. The standard InChI is InChI=1S/C21H22BrN3O2/c22-17-5-3-4-15(12-17)13-24-10-8-16(9-11-24)21(27)25-14-20(26)23-18-6-1-2-7-19(18)25/h1-7,12,16H,8-11,13-14H2,(H,23,26). The van der Waals surface area contributed by atoms with E-state index in [1.54, 1.807) is 4.90 Å². The van der Waals surface area contributed by atoms with Crippen molar-refractivity contribution in [2.75, 3.05) is 29.9 Å². The number of halogens is 1. The topological polar surface area (TPSA) is 52.7 Å². The number of para-hydroxylation sites is 2. The molecule has 2 aromatic rings. The Kier molecular flexibility index (Phi) is 5.27. The molecular weight excluding hydrogens is 406 g/mol. The summed E-state index contributed by atoms with van der Waals surface area (Å²) in [6.07, 6.45) is 1.65. The van der Waals surface area contributed by atoms with Crippen LogP contribution in [-0.2, 0) is 16.1 Å². The first-order valence-corrected chi connectivity index (χ1v) is 10.1. The van der Waals surface area contributed by atoms with E-state index < -0.39 is 0 Å². The lowest BCUT2D eigenvalue weighted by Crippen LogP contribution is -2.47. The van der Waals surface area contributed by atoms with Gasteiger partial charge in [0.25, 0.3) is 0 Å². The number of piperidine rings is 1.